The molecule has 2 aliphatic heterocycles. The Bertz CT molecular complexity index is 572. The maximum Gasteiger partial charge on any atom is 0.276 e. The summed E-state index contributed by atoms with van der Waals surface area (Å²) in [5, 5.41) is 4.69. The lowest BCUT2D eigenvalue weighted by Crippen LogP contribution is -2.67. The molecule has 0 saturated carbocycles. The standard InChI is InChI=1S/C13H15N3O3/c1-13-6-5-11(17)15-16(13)12(18)9-7-8(19-2)3-4-10(9)14-13/h3-4,7,14H,5-6H2,1-2H3,(H,15,17). The molecule has 0 spiro atoms. The van der Waals surface area contributed by atoms with Gasteiger partial charge in [0.05, 0.1) is 12.7 Å². The first kappa shape index (κ1) is 11.8. The van der Waals surface area contributed by atoms with Gasteiger partial charge in [-0.05, 0) is 31.5 Å². The number of carbonyl (C=O) groups excluding carboxylic acids is 2. The molecule has 0 radical (unpaired) electrons. The summed E-state index contributed by atoms with van der Waals surface area (Å²) >= 11 is 0. The topological polar surface area (TPSA) is 70.7 Å². The number of nitrogens with zero attached hydrogens (tertiary/aromatic N) is 1. The number of hydrogen-bond donors (Lipinski definition) is 2. The second kappa shape index (κ2) is 3.88. The van der Waals surface area contributed by atoms with Crippen LogP contribution in [0.1, 0.15) is 30.1 Å². The van der Waals surface area contributed by atoms with Crippen LogP contribution in [0.25, 0.3) is 0 Å². The van der Waals surface area contributed by atoms with Gasteiger partial charge in [0.15, 0.2) is 0 Å². The van der Waals surface area contributed by atoms with Crippen molar-refractivity contribution >= 4 is 17.5 Å². The van der Waals surface area contributed by atoms with Gasteiger partial charge in [0, 0.05) is 12.1 Å². The molecule has 1 unspecified atom stereocenters. The van der Waals surface area contributed by atoms with Crippen molar-refractivity contribution in [3.63, 3.8) is 0 Å². The Balaban J connectivity index is 2.06. The van der Waals surface area contributed by atoms with Crippen LogP contribution < -0.4 is 15.5 Å². The third-order valence-electron chi connectivity index (χ3n) is 3.63. The van der Waals surface area contributed by atoms with Crippen LogP contribution in [0.5, 0.6) is 5.75 Å². The van der Waals surface area contributed by atoms with Crippen molar-refractivity contribution in [2.24, 2.45) is 0 Å². The van der Waals surface area contributed by atoms with Crippen LogP contribution in [0.2, 0.25) is 0 Å². The Labute approximate surface area is 110 Å². The van der Waals surface area contributed by atoms with E-state index in [1.54, 1.807) is 19.2 Å². The van der Waals surface area contributed by atoms with Crippen LogP contribution >= 0.6 is 0 Å². The second-order valence-corrected chi connectivity index (χ2v) is 4.99. The van der Waals surface area contributed by atoms with E-state index in [1.807, 2.05) is 13.0 Å². The summed E-state index contributed by atoms with van der Waals surface area (Å²) in [6.45, 7) is 1.90. The highest BCUT2D eigenvalue weighted by Crippen LogP contribution is 2.36. The number of anilines is 1. The zero-order valence-electron chi connectivity index (χ0n) is 10.8. The molecule has 2 heterocycles. The number of methoxy groups -OCH3 is 1. The number of ether oxygens (including phenoxy) is 1. The van der Waals surface area contributed by atoms with Gasteiger partial charge in [-0.3, -0.25) is 15.0 Å². The summed E-state index contributed by atoms with van der Waals surface area (Å²) in [4.78, 5) is 24.0. The van der Waals surface area contributed by atoms with Gasteiger partial charge in [-0.2, -0.15) is 0 Å². The van der Waals surface area contributed by atoms with Crippen molar-refractivity contribution in [3.05, 3.63) is 23.8 Å². The highest BCUT2D eigenvalue weighted by molar-refractivity contribution is 6.03. The minimum absolute atomic E-state index is 0.140. The van der Waals surface area contributed by atoms with Crippen LogP contribution in [0.4, 0.5) is 5.69 Å². The second-order valence-electron chi connectivity index (χ2n) is 4.99. The zero-order valence-corrected chi connectivity index (χ0v) is 10.8. The zero-order chi connectivity index (χ0) is 13.6. The van der Waals surface area contributed by atoms with Crippen molar-refractivity contribution in [2.75, 3.05) is 12.4 Å². The molecule has 3 rings (SSSR count). The molecule has 0 aliphatic carbocycles. The molecule has 2 N–H and O–H groups in total. The summed E-state index contributed by atoms with van der Waals surface area (Å²) < 4.78 is 5.13. The minimum Gasteiger partial charge on any atom is -0.497 e. The smallest absolute Gasteiger partial charge is 0.276 e. The van der Waals surface area contributed by atoms with E-state index in [4.69, 9.17) is 4.74 Å². The number of hydrazine groups is 1. The Morgan fingerprint density at radius 2 is 2.16 bits per heavy atom. The highest BCUT2D eigenvalue weighted by Gasteiger charge is 2.45. The van der Waals surface area contributed by atoms with E-state index in [0.29, 0.717) is 24.2 Å². The normalized spacial score (nSPS) is 25.1. The molecule has 6 nitrogen and oxygen atoms in total. The molecule has 19 heavy (non-hydrogen) atoms. The summed E-state index contributed by atoms with van der Waals surface area (Å²) in [6, 6.07) is 5.30. The van der Waals surface area contributed by atoms with E-state index in [1.165, 1.54) is 5.01 Å². The lowest BCUT2D eigenvalue weighted by atomic mass is 9.96. The fourth-order valence-corrected chi connectivity index (χ4v) is 2.51. The molecule has 1 aromatic carbocycles. The molecular formula is C13H15N3O3. The maximum absolute atomic E-state index is 12.5. The van der Waals surface area contributed by atoms with Gasteiger partial charge < -0.3 is 10.1 Å². The summed E-state index contributed by atoms with van der Waals surface area (Å²) in [6.07, 6.45) is 0.981. The van der Waals surface area contributed by atoms with Gasteiger partial charge in [0.2, 0.25) is 5.91 Å². The predicted octanol–water partition coefficient (Wildman–Crippen LogP) is 1.10. The first-order valence-corrected chi connectivity index (χ1v) is 6.14. The van der Waals surface area contributed by atoms with Crippen LogP contribution in [0.3, 0.4) is 0 Å². The maximum atomic E-state index is 12.5. The van der Waals surface area contributed by atoms with Crippen LogP contribution in [-0.4, -0.2) is 29.6 Å². The average molecular weight is 261 g/mol. The fraction of sp³-hybridized carbons (Fsp3) is 0.385. The van der Waals surface area contributed by atoms with E-state index in [9.17, 15) is 9.59 Å². The summed E-state index contributed by atoms with van der Waals surface area (Å²) in [5.41, 5.74) is 3.32. The largest absolute Gasteiger partial charge is 0.497 e. The highest BCUT2D eigenvalue weighted by atomic mass is 16.5. The number of benzene rings is 1. The molecule has 0 bridgehead atoms. The monoisotopic (exact) mass is 261 g/mol. The van der Waals surface area contributed by atoms with E-state index in [-0.39, 0.29) is 11.8 Å². The van der Waals surface area contributed by atoms with Gasteiger partial charge in [-0.25, -0.2) is 5.01 Å². The van der Waals surface area contributed by atoms with Gasteiger partial charge in [0.1, 0.15) is 11.4 Å². The minimum atomic E-state index is -0.577. The molecule has 1 atom stereocenters. The van der Waals surface area contributed by atoms with Gasteiger partial charge >= 0.3 is 0 Å². The van der Waals surface area contributed by atoms with Crippen LogP contribution in [-0.2, 0) is 4.79 Å². The van der Waals surface area contributed by atoms with E-state index in [0.717, 1.165) is 5.69 Å². The third kappa shape index (κ3) is 1.71. The van der Waals surface area contributed by atoms with Gasteiger partial charge in [-0.1, -0.05) is 0 Å². The number of rotatable bonds is 1. The molecular weight excluding hydrogens is 246 g/mol. The fourth-order valence-electron chi connectivity index (χ4n) is 2.51. The lowest BCUT2D eigenvalue weighted by molar-refractivity contribution is -0.131. The van der Waals surface area contributed by atoms with Crippen molar-refractivity contribution in [3.8, 4) is 5.75 Å². The number of amides is 2. The molecule has 2 amide bonds. The lowest BCUT2D eigenvalue weighted by Gasteiger charge is -2.48. The van der Waals surface area contributed by atoms with Crippen molar-refractivity contribution in [1.82, 2.24) is 10.4 Å². The van der Waals surface area contributed by atoms with E-state index >= 15 is 0 Å². The molecule has 1 fully saturated rings. The molecule has 2 aliphatic rings. The van der Waals surface area contributed by atoms with Crippen molar-refractivity contribution in [2.45, 2.75) is 25.4 Å². The number of carbonyl (C=O) groups is 2. The van der Waals surface area contributed by atoms with Crippen LogP contribution in [0, 0.1) is 0 Å². The Kier molecular flexibility index (Phi) is 2.41. The molecule has 6 heteroatoms. The Morgan fingerprint density at radius 3 is 2.89 bits per heavy atom. The summed E-state index contributed by atoms with van der Waals surface area (Å²) in [7, 11) is 1.55. The van der Waals surface area contributed by atoms with E-state index in [2.05, 4.69) is 10.7 Å². The number of hydrogen-bond acceptors (Lipinski definition) is 4. The quantitative estimate of drug-likeness (QED) is 0.794. The SMILES string of the molecule is COc1ccc2c(c1)C(=O)N1NC(=O)CCC1(C)N2. The van der Waals surface area contributed by atoms with Gasteiger partial charge in [0.25, 0.3) is 5.91 Å². The Hall–Kier alpha value is -2.24. The number of fused-ring (bicyclic) bond motifs is 2. The van der Waals surface area contributed by atoms with Gasteiger partial charge in [-0.15, -0.1) is 0 Å². The average Bonchev–Trinajstić information content (AvgIpc) is 2.40. The molecule has 1 aromatic rings. The first-order valence-electron chi connectivity index (χ1n) is 6.14. The van der Waals surface area contributed by atoms with Crippen molar-refractivity contribution < 1.29 is 14.3 Å². The summed E-state index contributed by atoms with van der Waals surface area (Å²) in [5.74, 6) is 0.253. The van der Waals surface area contributed by atoms with Crippen LogP contribution in [0.15, 0.2) is 18.2 Å². The molecule has 1 saturated heterocycles. The van der Waals surface area contributed by atoms with Crippen molar-refractivity contribution in [1.29, 1.82) is 0 Å². The molecule has 0 aromatic heterocycles. The third-order valence-corrected chi connectivity index (χ3v) is 3.63. The van der Waals surface area contributed by atoms with E-state index < -0.39 is 5.66 Å². The predicted molar refractivity (Wildman–Crippen MR) is 68.6 cm³/mol. The molecule has 100 valence electrons. The first-order chi connectivity index (χ1) is 9.03. The Morgan fingerprint density at radius 1 is 1.37 bits per heavy atom. The number of nitrogens with one attached hydrogen (secondary N) is 2.